The molecule has 1 rings (SSSR count). The lowest BCUT2D eigenvalue weighted by Crippen LogP contribution is -2.41. The fourth-order valence-corrected chi connectivity index (χ4v) is 2.80. The number of hydrogen-bond acceptors (Lipinski definition) is 3. The van der Waals surface area contributed by atoms with Crippen molar-refractivity contribution in [3.63, 3.8) is 0 Å². The van der Waals surface area contributed by atoms with Gasteiger partial charge < -0.3 is 14.4 Å². The highest BCUT2D eigenvalue weighted by Gasteiger charge is 2.17. The van der Waals surface area contributed by atoms with Gasteiger partial charge in [0, 0.05) is 18.2 Å². The number of unbranched alkanes of at least 4 members (excludes halogenated alkanes) is 2. The van der Waals surface area contributed by atoms with Crippen molar-refractivity contribution < 1.29 is 14.3 Å². The Labute approximate surface area is 152 Å². The molecule has 0 radical (unpaired) electrons. The van der Waals surface area contributed by atoms with Crippen LogP contribution < -0.4 is 9.47 Å². The zero-order chi connectivity index (χ0) is 18.8. The van der Waals surface area contributed by atoms with Crippen molar-refractivity contribution in [2.45, 2.75) is 66.0 Å². The summed E-state index contributed by atoms with van der Waals surface area (Å²) in [5.74, 6) is 1.45. The van der Waals surface area contributed by atoms with Crippen LogP contribution in [0.25, 0.3) is 6.08 Å². The van der Waals surface area contributed by atoms with E-state index in [-0.39, 0.29) is 18.0 Å². The van der Waals surface area contributed by atoms with E-state index in [0.717, 1.165) is 24.2 Å². The van der Waals surface area contributed by atoms with E-state index < -0.39 is 0 Å². The summed E-state index contributed by atoms with van der Waals surface area (Å²) in [6.07, 6.45) is 6.81. The molecule has 4 heteroatoms. The lowest BCUT2D eigenvalue weighted by molar-refractivity contribution is -0.129. The van der Waals surface area contributed by atoms with Crippen LogP contribution in [0.2, 0.25) is 0 Å². The second kappa shape index (κ2) is 10.8. The Bertz CT molecular complexity index is 556. The normalized spacial score (nSPS) is 11.4. The first kappa shape index (κ1) is 21.1. The molecule has 1 amide bonds. The van der Waals surface area contributed by atoms with Crippen LogP contribution in [0, 0.1) is 0 Å². The van der Waals surface area contributed by atoms with Gasteiger partial charge in [0.05, 0.1) is 13.7 Å². The van der Waals surface area contributed by atoms with E-state index in [1.54, 1.807) is 13.2 Å². The quantitative estimate of drug-likeness (QED) is 0.445. The summed E-state index contributed by atoms with van der Waals surface area (Å²) in [5.41, 5.74) is 0.915. The van der Waals surface area contributed by atoms with Crippen LogP contribution in [0.15, 0.2) is 24.3 Å². The molecule has 0 saturated heterocycles. The molecule has 25 heavy (non-hydrogen) atoms. The average Bonchev–Trinajstić information content (AvgIpc) is 2.56. The summed E-state index contributed by atoms with van der Waals surface area (Å²) >= 11 is 0. The largest absolute Gasteiger partial charge is 0.493 e. The molecule has 0 fully saturated rings. The molecule has 0 aliphatic carbocycles. The van der Waals surface area contributed by atoms with Gasteiger partial charge in [-0.3, -0.25) is 4.79 Å². The van der Waals surface area contributed by atoms with E-state index in [9.17, 15) is 4.79 Å². The predicted octanol–water partition coefficient (Wildman–Crippen LogP) is 4.92. The van der Waals surface area contributed by atoms with E-state index in [2.05, 4.69) is 6.92 Å². The van der Waals surface area contributed by atoms with Crippen molar-refractivity contribution >= 4 is 12.0 Å². The van der Waals surface area contributed by atoms with E-state index in [1.807, 2.05) is 56.9 Å². The minimum absolute atomic E-state index is 0.0175. The number of ether oxygens (including phenoxy) is 2. The molecule has 0 aliphatic heterocycles. The van der Waals surface area contributed by atoms with Gasteiger partial charge >= 0.3 is 0 Å². The Morgan fingerprint density at radius 2 is 1.80 bits per heavy atom. The van der Waals surface area contributed by atoms with Crippen LogP contribution in [-0.2, 0) is 4.79 Å². The number of rotatable bonds is 10. The second-order valence-electron chi connectivity index (χ2n) is 6.73. The van der Waals surface area contributed by atoms with E-state index in [4.69, 9.17) is 9.47 Å². The minimum atomic E-state index is 0.0175. The van der Waals surface area contributed by atoms with Gasteiger partial charge in [-0.1, -0.05) is 25.8 Å². The predicted molar refractivity (Wildman–Crippen MR) is 104 cm³/mol. The molecule has 1 aromatic rings. The molecular weight excluding hydrogens is 314 g/mol. The fraction of sp³-hybridized carbons (Fsp3) is 0.571. The standard InChI is InChI=1S/C21H33NO3/c1-7-8-9-14-25-19-12-10-18(15-20(19)24-6)11-13-21(23)22(16(2)3)17(4)5/h10-13,15-17H,7-9,14H2,1-6H3/b13-11+. The van der Waals surface area contributed by atoms with Crippen LogP contribution in [0.3, 0.4) is 0 Å². The van der Waals surface area contributed by atoms with E-state index >= 15 is 0 Å². The number of methoxy groups -OCH3 is 1. The Morgan fingerprint density at radius 1 is 1.12 bits per heavy atom. The highest BCUT2D eigenvalue weighted by molar-refractivity contribution is 5.92. The number of carbonyl (C=O) groups is 1. The molecule has 140 valence electrons. The highest BCUT2D eigenvalue weighted by Crippen LogP contribution is 2.28. The number of nitrogens with zero attached hydrogens (tertiary/aromatic N) is 1. The third kappa shape index (κ3) is 6.81. The maximum Gasteiger partial charge on any atom is 0.247 e. The van der Waals surface area contributed by atoms with Crippen molar-refractivity contribution in [3.05, 3.63) is 29.8 Å². The first-order chi connectivity index (χ1) is 11.9. The molecule has 0 saturated carbocycles. The molecule has 0 aliphatic rings. The third-order valence-electron chi connectivity index (χ3n) is 3.98. The van der Waals surface area contributed by atoms with Gasteiger partial charge in [0.25, 0.3) is 0 Å². The molecule has 4 nitrogen and oxygen atoms in total. The first-order valence-corrected chi connectivity index (χ1v) is 9.21. The van der Waals surface area contributed by atoms with Crippen LogP contribution in [0.1, 0.15) is 59.4 Å². The number of benzene rings is 1. The van der Waals surface area contributed by atoms with Gasteiger partial charge in [-0.25, -0.2) is 0 Å². The van der Waals surface area contributed by atoms with Crippen LogP contribution in [0.5, 0.6) is 11.5 Å². The molecule has 0 unspecified atom stereocenters. The zero-order valence-corrected chi connectivity index (χ0v) is 16.5. The van der Waals surface area contributed by atoms with Crippen LogP contribution in [-0.4, -0.2) is 36.6 Å². The summed E-state index contributed by atoms with van der Waals surface area (Å²) in [6, 6.07) is 6.08. The molecule has 0 aromatic heterocycles. The number of hydrogen-bond donors (Lipinski definition) is 0. The smallest absolute Gasteiger partial charge is 0.247 e. The van der Waals surface area contributed by atoms with Gasteiger partial charge in [0.15, 0.2) is 11.5 Å². The van der Waals surface area contributed by atoms with Gasteiger partial charge in [-0.05, 0) is 57.9 Å². The van der Waals surface area contributed by atoms with E-state index in [0.29, 0.717) is 12.4 Å². The molecular formula is C21H33NO3. The monoisotopic (exact) mass is 347 g/mol. The molecule has 0 atom stereocenters. The Hall–Kier alpha value is -1.97. The summed E-state index contributed by atoms with van der Waals surface area (Å²) in [6.45, 7) is 11.0. The Morgan fingerprint density at radius 3 is 2.36 bits per heavy atom. The molecule has 0 N–H and O–H groups in total. The highest BCUT2D eigenvalue weighted by atomic mass is 16.5. The Balaban J connectivity index is 2.80. The maximum absolute atomic E-state index is 12.4. The molecule has 1 aromatic carbocycles. The van der Waals surface area contributed by atoms with Crippen molar-refractivity contribution in [3.8, 4) is 11.5 Å². The number of amides is 1. The topological polar surface area (TPSA) is 38.8 Å². The van der Waals surface area contributed by atoms with E-state index in [1.165, 1.54) is 6.42 Å². The minimum Gasteiger partial charge on any atom is -0.493 e. The lowest BCUT2D eigenvalue weighted by Gasteiger charge is -2.29. The fourth-order valence-electron chi connectivity index (χ4n) is 2.80. The van der Waals surface area contributed by atoms with Crippen molar-refractivity contribution in [2.75, 3.05) is 13.7 Å². The van der Waals surface area contributed by atoms with Crippen molar-refractivity contribution in [1.82, 2.24) is 4.90 Å². The third-order valence-corrected chi connectivity index (χ3v) is 3.98. The SMILES string of the molecule is CCCCCOc1ccc(/C=C/C(=O)N(C(C)C)C(C)C)cc1OC. The lowest BCUT2D eigenvalue weighted by atomic mass is 10.1. The summed E-state index contributed by atoms with van der Waals surface area (Å²) in [5, 5.41) is 0. The van der Waals surface area contributed by atoms with Crippen LogP contribution >= 0.6 is 0 Å². The summed E-state index contributed by atoms with van der Waals surface area (Å²) < 4.78 is 11.2. The summed E-state index contributed by atoms with van der Waals surface area (Å²) in [7, 11) is 1.63. The van der Waals surface area contributed by atoms with Crippen molar-refractivity contribution in [1.29, 1.82) is 0 Å². The van der Waals surface area contributed by atoms with Gasteiger partial charge in [-0.2, -0.15) is 0 Å². The van der Waals surface area contributed by atoms with Crippen LogP contribution in [0.4, 0.5) is 0 Å². The van der Waals surface area contributed by atoms with Crippen molar-refractivity contribution in [2.24, 2.45) is 0 Å². The molecule has 0 bridgehead atoms. The molecule has 0 heterocycles. The van der Waals surface area contributed by atoms with Gasteiger partial charge in [-0.15, -0.1) is 0 Å². The average molecular weight is 347 g/mol. The first-order valence-electron chi connectivity index (χ1n) is 9.21. The van der Waals surface area contributed by atoms with Gasteiger partial charge in [0.2, 0.25) is 5.91 Å². The maximum atomic E-state index is 12.4. The second-order valence-corrected chi connectivity index (χ2v) is 6.73. The summed E-state index contributed by atoms with van der Waals surface area (Å²) in [4.78, 5) is 14.3. The zero-order valence-electron chi connectivity index (χ0n) is 16.5. The molecule has 0 spiro atoms. The number of carbonyl (C=O) groups excluding carboxylic acids is 1. The Kier molecular flexibility index (Phi) is 9.11. The van der Waals surface area contributed by atoms with Gasteiger partial charge in [0.1, 0.15) is 0 Å².